The van der Waals surface area contributed by atoms with Crippen LogP contribution in [0.2, 0.25) is 0 Å². The summed E-state index contributed by atoms with van der Waals surface area (Å²) in [5.74, 6) is -0.440. The first-order valence-electron chi connectivity index (χ1n) is 9.79. The molecule has 2 heterocycles. The molecule has 0 saturated carbocycles. The Bertz CT molecular complexity index is 1020. The number of alkyl halides is 3. The minimum absolute atomic E-state index is 0.0882. The smallest absolute Gasteiger partial charge is 0.399 e. The van der Waals surface area contributed by atoms with Crippen molar-refractivity contribution in [1.82, 2.24) is 0 Å². The number of carbonyl (C=O) groups excluding carboxylic acids is 1. The van der Waals surface area contributed by atoms with Crippen molar-refractivity contribution < 1.29 is 27.3 Å². The van der Waals surface area contributed by atoms with E-state index in [9.17, 15) is 18.0 Å². The first-order chi connectivity index (χ1) is 13.8. The highest BCUT2D eigenvalue weighted by Gasteiger charge is 2.52. The molecule has 158 valence electrons. The molecule has 0 radical (unpaired) electrons. The quantitative estimate of drug-likeness (QED) is 0.677. The van der Waals surface area contributed by atoms with Gasteiger partial charge in [0.15, 0.2) is 0 Å². The van der Waals surface area contributed by atoms with E-state index in [-0.39, 0.29) is 12.1 Å². The zero-order chi connectivity index (χ0) is 22.1. The summed E-state index contributed by atoms with van der Waals surface area (Å²) in [7, 11) is -0.591. The monoisotopic (exact) mass is 417 g/mol. The van der Waals surface area contributed by atoms with Gasteiger partial charge in [-0.15, -0.1) is 0 Å². The molecule has 2 aromatic rings. The number of hydrogen-bond acceptors (Lipinski definition) is 3. The molecule has 2 aliphatic rings. The van der Waals surface area contributed by atoms with Crippen LogP contribution in [0.5, 0.6) is 0 Å². The molecule has 0 atom stereocenters. The summed E-state index contributed by atoms with van der Waals surface area (Å²) >= 11 is 0. The van der Waals surface area contributed by atoms with Crippen LogP contribution in [0.25, 0.3) is 0 Å². The molecule has 0 N–H and O–H groups in total. The molecule has 1 saturated heterocycles. The van der Waals surface area contributed by atoms with Crippen LogP contribution in [0.1, 0.15) is 54.7 Å². The fourth-order valence-corrected chi connectivity index (χ4v) is 3.83. The van der Waals surface area contributed by atoms with Crippen LogP contribution in [0.3, 0.4) is 0 Å². The van der Waals surface area contributed by atoms with Crippen LogP contribution in [-0.2, 0) is 22.0 Å². The maximum Gasteiger partial charge on any atom is 0.495 e. The molecule has 0 aliphatic carbocycles. The maximum absolute atomic E-state index is 13.1. The van der Waals surface area contributed by atoms with Gasteiger partial charge in [0, 0.05) is 11.3 Å². The number of amides is 1. The van der Waals surface area contributed by atoms with Gasteiger partial charge >= 0.3 is 13.3 Å². The number of rotatable bonds is 2. The Labute approximate surface area is 174 Å². The topological polar surface area (TPSA) is 38.8 Å². The molecule has 2 aliphatic heterocycles. The van der Waals surface area contributed by atoms with Gasteiger partial charge in [0.05, 0.1) is 23.3 Å². The summed E-state index contributed by atoms with van der Waals surface area (Å²) in [6.45, 7) is 9.94. The molecular formula is C22H23BF3NO3. The lowest BCUT2D eigenvalue weighted by molar-refractivity contribution is -0.137. The number of fused-ring (bicyclic) bond motifs is 1. The largest absolute Gasteiger partial charge is 0.495 e. The second kappa shape index (κ2) is 6.59. The summed E-state index contributed by atoms with van der Waals surface area (Å²) in [4.78, 5) is 14.5. The first-order valence-corrected chi connectivity index (χ1v) is 9.79. The SMILES string of the molecule is Cc1c(B2OC(C)(C)C(C)(C)O2)cccc1N1Cc2ccc(C(F)(F)F)cc2C1=O. The Morgan fingerprint density at radius 3 is 2.27 bits per heavy atom. The minimum Gasteiger partial charge on any atom is -0.399 e. The third-order valence-electron chi connectivity index (χ3n) is 6.39. The van der Waals surface area contributed by atoms with E-state index in [1.165, 1.54) is 11.0 Å². The van der Waals surface area contributed by atoms with E-state index in [0.717, 1.165) is 23.2 Å². The van der Waals surface area contributed by atoms with Gasteiger partial charge in [-0.25, -0.2) is 0 Å². The standard InChI is InChI=1S/C22H23BF3NO3/c1-13-17(23-29-20(2,3)21(4,5)30-23)7-6-8-18(13)27-12-14-9-10-15(22(24,25)26)11-16(14)19(27)28/h6-11H,12H2,1-5H3. The van der Waals surface area contributed by atoms with Crippen molar-refractivity contribution in [2.75, 3.05) is 4.90 Å². The number of nitrogens with zero attached hydrogens (tertiary/aromatic N) is 1. The second-order valence-corrected chi connectivity index (χ2v) is 8.84. The molecule has 30 heavy (non-hydrogen) atoms. The van der Waals surface area contributed by atoms with E-state index < -0.39 is 36.0 Å². The van der Waals surface area contributed by atoms with Gasteiger partial charge in [-0.3, -0.25) is 4.79 Å². The highest BCUT2D eigenvalue weighted by Crippen LogP contribution is 2.38. The van der Waals surface area contributed by atoms with Gasteiger partial charge < -0.3 is 14.2 Å². The van der Waals surface area contributed by atoms with Crippen LogP contribution in [0.15, 0.2) is 36.4 Å². The number of anilines is 1. The van der Waals surface area contributed by atoms with E-state index >= 15 is 0 Å². The van der Waals surface area contributed by atoms with Crippen LogP contribution in [-0.4, -0.2) is 24.2 Å². The first kappa shape index (κ1) is 20.9. The van der Waals surface area contributed by atoms with Gasteiger partial charge in [0.25, 0.3) is 5.91 Å². The van der Waals surface area contributed by atoms with E-state index in [1.807, 2.05) is 40.7 Å². The van der Waals surface area contributed by atoms with Gasteiger partial charge in [-0.2, -0.15) is 13.2 Å². The van der Waals surface area contributed by atoms with Gasteiger partial charge in [-0.1, -0.05) is 18.2 Å². The van der Waals surface area contributed by atoms with Crippen molar-refractivity contribution in [3.05, 3.63) is 58.7 Å². The van der Waals surface area contributed by atoms with E-state index in [0.29, 0.717) is 11.3 Å². The third kappa shape index (κ3) is 3.22. The molecule has 4 nitrogen and oxygen atoms in total. The fourth-order valence-electron chi connectivity index (χ4n) is 3.83. The molecule has 1 fully saturated rings. The maximum atomic E-state index is 13.1. The van der Waals surface area contributed by atoms with Crippen LogP contribution in [0.4, 0.5) is 18.9 Å². The molecule has 0 unspecified atom stereocenters. The van der Waals surface area contributed by atoms with E-state index in [1.54, 1.807) is 12.1 Å². The lowest BCUT2D eigenvalue weighted by Crippen LogP contribution is -2.41. The molecule has 2 aromatic carbocycles. The third-order valence-corrected chi connectivity index (χ3v) is 6.39. The predicted octanol–water partition coefficient (Wildman–Crippen LogP) is 4.47. The lowest BCUT2D eigenvalue weighted by atomic mass is 9.75. The van der Waals surface area contributed by atoms with Crippen LogP contribution in [0, 0.1) is 6.92 Å². The summed E-state index contributed by atoms with van der Waals surface area (Å²) in [5, 5.41) is 0. The van der Waals surface area contributed by atoms with Crippen molar-refractivity contribution >= 4 is 24.2 Å². The van der Waals surface area contributed by atoms with E-state index in [2.05, 4.69) is 0 Å². The number of carbonyl (C=O) groups is 1. The fraction of sp³-hybridized carbons (Fsp3) is 0.409. The Balaban J connectivity index is 1.68. The van der Waals surface area contributed by atoms with E-state index in [4.69, 9.17) is 9.31 Å². The highest BCUT2D eigenvalue weighted by atomic mass is 19.4. The summed E-state index contributed by atoms with van der Waals surface area (Å²) in [5.41, 5.74) is 1.07. The van der Waals surface area contributed by atoms with Crippen molar-refractivity contribution in [3.8, 4) is 0 Å². The molecule has 0 bridgehead atoms. The minimum atomic E-state index is -4.49. The summed E-state index contributed by atoms with van der Waals surface area (Å²) in [6, 6.07) is 8.81. The molecule has 8 heteroatoms. The molecule has 0 aromatic heterocycles. The number of benzene rings is 2. The lowest BCUT2D eigenvalue weighted by Gasteiger charge is -2.32. The Hall–Kier alpha value is -2.32. The average molecular weight is 417 g/mol. The molecule has 4 rings (SSSR count). The van der Waals surface area contributed by atoms with Crippen LogP contribution < -0.4 is 10.4 Å². The summed E-state index contributed by atoms with van der Waals surface area (Å²) in [6.07, 6.45) is -4.49. The van der Waals surface area contributed by atoms with Crippen molar-refractivity contribution in [1.29, 1.82) is 0 Å². The highest BCUT2D eigenvalue weighted by molar-refractivity contribution is 6.62. The second-order valence-electron chi connectivity index (χ2n) is 8.84. The number of hydrogen-bond donors (Lipinski definition) is 0. The Morgan fingerprint density at radius 2 is 1.67 bits per heavy atom. The average Bonchev–Trinajstić information content (AvgIpc) is 3.07. The van der Waals surface area contributed by atoms with Gasteiger partial charge in [0.1, 0.15) is 0 Å². The molecular weight excluding hydrogens is 394 g/mol. The zero-order valence-corrected chi connectivity index (χ0v) is 17.6. The Kier molecular flexibility index (Phi) is 4.60. The van der Waals surface area contributed by atoms with Crippen molar-refractivity contribution in [2.24, 2.45) is 0 Å². The Morgan fingerprint density at radius 1 is 1.03 bits per heavy atom. The van der Waals surface area contributed by atoms with Gasteiger partial charge in [-0.05, 0) is 69.4 Å². The van der Waals surface area contributed by atoms with Crippen molar-refractivity contribution in [3.63, 3.8) is 0 Å². The normalized spacial score (nSPS) is 20.1. The van der Waals surface area contributed by atoms with Crippen LogP contribution >= 0.6 is 0 Å². The molecule has 1 amide bonds. The predicted molar refractivity (Wildman–Crippen MR) is 109 cm³/mol. The molecule has 0 spiro atoms. The summed E-state index contributed by atoms with van der Waals surface area (Å²) < 4.78 is 51.5. The zero-order valence-electron chi connectivity index (χ0n) is 17.6. The van der Waals surface area contributed by atoms with Gasteiger partial charge in [0.2, 0.25) is 0 Å². The van der Waals surface area contributed by atoms with Crippen molar-refractivity contribution in [2.45, 2.75) is 58.5 Å². The number of halogens is 3.